The number of likely N-dealkylation sites (tertiary alicyclic amines) is 1. The molecule has 3 heterocycles. The maximum absolute atomic E-state index is 10.7. The van der Waals surface area contributed by atoms with Gasteiger partial charge in [-0.2, -0.15) is 5.10 Å². The van der Waals surface area contributed by atoms with Gasteiger partial charge in [-0.1, -0.05) is 0 Å². The molecule has 1 aliphatic rings. The van der Waals surface area contributed by atoms with Crippen molar-refractivity contribution in [3.8, 4) is 0 Å². The predicted octanol–water partition coefficient (Wildman–Crippen LogP) is 1.64. The van der Waals surface area contributed by atoms with Crippen LogP contribution in [0.2, 0.25) is 0 Å². The van der Waals surface area contributed by atoms with E-state index in [9.17, 15) is 4.79 Å². The number of aromatic nitrogens is 3. The zero-order chi connectivity index (χ0) is 15.5. The van der Waals surface area contributed by atoms with E-state index >= 15 is 0 Å². The van der Waals surface area contributed by atoms with E-state index in [0.29, 0.717) is 11.8 Å². The van der Waals surface area contributed by atoms with E-state index in [1.54, 1.807) is 12.5 Å². The molecule has 1 aliphatic heterocycles. The summed E-state index contributed by atoms with van der Waals surface area (Å²) < 4.78 is 6.73. The first-order valence-corrected chi connectivity index (χ1v) is 7.48. The molecule has 2 aromatic rings. The van der Waals surface area contributed by atoms with Crippen molar-refractivity contribution in [1.82, 2.24) is 19.7 Å². The molecule has 7 nitrogen and oxygen atoms in total. The molecule has 0 saturated carbocycles. The van der Waals surface area contributed by atoms with Crippen LogP contribution in [0, 0.1) is 6.92 Å². The van der Waals surface area contributed by atoms with Crippen LogP contribution >= 0.6 is 0 Å². The summed E-state index contributed by atoms with van der Waals surface area (Å²) in [6.45, 7) is 4.49. The highest BCUT2D eigenvalue weighted by Gasteiger charge is 2.24. The first-order valence-electron chi connectivity index (χ1n) is 7.48. The van der Waals surface area contributed by atoms with Crippen molar-refractivity contribution in [3.63, 3.8) is 0 Å². The second kappa shape index (κ2) is 6.31. The molecule has 0 radical (unpaired) electrons. The summed E-state index contributed by atoms with van der Waals surface area (Å²) in [4.78, 5) is 17.4. The Balaban J connectivity index is 1.62. The van der Waals surface area contributed by atoms with Gasteiger partial charge in [0, 0.05) is 32.1 Å². The van der Waals surface area contributed by atoms with Gasteiger partial charge in [-0.15, -0.1) is 0 Å². The van der Waals surface area contributed by atoms with Gasteiger partial charge in [0.2, 0.25) is 0 Å². The fourth-order valence-corrected chi connectivity index (χ4v) is 2.97. The summed E-state index contributed by atoms with van der Waals surface area (Å²) >= 11 is 0. The predicted molar refractivity (Wildman–Crippen MR) is 78.4 cm³/mol. The van der Waals surface area contributed by atoms with Crippen molar-refractivity contribution in [2.75, 3.05) is 13.1 Å². The number of rotatable bonds is 5. The van der Waals surface area contributed by atoms with E-state index in [-0.39, 0.29) is 6.54 Å². The quantitative estimate of drug-likeness (QED) is 0.904. The Morgan fingerprint density at radius 2 is 2.41 bits per heavy atom. The van der Waals surface area contributed by atoms with Crippen molar-refractivity contribution in [2.45, 2.75) is 38.8 Å². The third-order valence-corrected chi connectivity index (χ3v) is 3.93. The van der Waals surface area contributed by atoms with Crippen molar-refractivity contribution in [1.29, 1.82) is 0 Å². The average Bonchev–Trinajstić information content (AvgIpc) is 3.08. The first kappa shape index (κ1) is 14.8. The van der Waals surface area contributed by atoms with Crippen molar-refractivity contribution >= 4 is 5.97 Å². The van der Waals surface area contributed by atoms with E-state index in [4.69, 9.17) is 9.52 Å². The minimum absolute atomic E-state index is 0.0886. The highest BCUT2D eigenvalue weighted by atomic mass is 16.4. The third-order valence-electron chi connectivity index (χ3n) is 3.93. The standard InChI is InChI=1S/C15H20N4O3/c1-11-16-13(10-22-11)8-18-5-2-3-12(7-18)14-4-6-19(17-14)9-15(20)21/h4,6,10,12H,2-3,5,7-9H2,1H3,(H,20,21)/t12-/m0/s1. The Morgan fingerprint density at radius 3 is 3.14 bits per heavy atom. The second-order valence-electron chi connectivity index (χ2n) is 5.76. The molecule has 3 rings (SSSR count). The Bertz CT molecular complexity index is 649. The number of nitrogens with zero attached hydrogens (tertiary/aromatic N) is 4. The number of carboxylic acids is 1. The smallest absolute Gasteiger partial charge is 0.325 e. The Kier molecular flexibility index (Phi) is 4.24. The Labute approximate surface area is 128 Å². The minimum atomic E-state index is -0.874. The maximum Gasteiger partial charge on any atom is 0.325 e. The van der Waals surface area contributed by atoms with Gasteiger partial charge in [0.05, 0.1) is 11.4 Å². The van der Waals surface area contributed by atoms with Gasteiger partial charge in [-0.25, -0.2) is 4.98 Å². The van der Waals surface area contributed by atoms with Crippen LogP contribution in [0.3, 0.4) is 0 Å². The normalized spacial score (nSPS) is 19.4. The number of piperidine rings is 1. The van der Waals surface area contributed by atoms with E-state index in [0.717, 1.165) is 43.9 Å². The van der Waals surface area contributed by atoms with Gasteiger partial charge in [0.25, 0.3) is 0 Å². The number of aliphatic carboxylic acids is 1. The number of carbonyl (C=O) groups is 1. The molecule has 0 amide bonds. The third kappa shape index (κ3) is 3.54. The van der Waals surface area contributed by atoms with Gasteiger partial charge in [0.1, 0.15) is 12.8 Å². The molecule has 0 spiro atoms. The summed E-state index contributed by atoms with van der Waals surface area (Å²) in [5.74, 6) is 0.161. The van der Waals surface area contributed by atoms with Crippen LogP contribution in [0.1, 0.15) is 36.0 Å². The fraction of sp³-hybridized carbons (Fsp3) is 0.533. The summed E-state index contributed by atoms with van der Waals surface area (Å²) in [5, 5.41) is 13.2. The minimum Gasteiger partial charge on any atom is -0.480 e. The van der Waals surface area contributed by atoms with Crippen molar-refractivity contribution in [2.24, 2.45) is 0 Å². The van der Waals surface area contributed by atoms with Gasteiger partial charge < -0.3 is 9.52 Å². The lowest BCUT2D eigenvalue weighted by atomic mass is 9.95. The lowest BCUT2D eigenvalue weighted by molar-refractivity contribution is -0.137. The van der Waals surface area contributed by atoms with Gasteiger partial charge in [-0.05, 0) is 25.5 Å². The molecule has 0 aromatic carbocycles. The van der Waals surface area contributed by atoms with Crippen LogP contribution in [0.15, 0.2) is 22.9 Å². The van der Waals surface area contributed by atoms with Crippen molar-refractivity contribution < 1.29 is 14.3 Å². The highest BCUT2D eigenvalue weighted by Crippen LogP contribution is 2.26. The summed E-state index contributed by atoms with van der Waals surface area (Å²) in [6, 6.07) is 1.93. The number of oxazole rings is 1. The molecule has 1 N–H and O–H groups in total. The van der Waals surface area contributed by atoms with Crippen molar-refractivity contribution in [3.05, 3.63) is 35.8 Å². The largest absolute Gasteiger partial charge is 0.480 e. The summed E-state index contributed by atoms with van der Waals surface area (Å²) in [7, 11) is 0. The molecule has 0 unspecified atom stereocenters. The van der Waals surface area contributed by atoms with Crippen LogP contribution in [-0.2, 0) is 17.9 Å². The van der Waals surface area contributed by atoms with Crippen LogP contribution in [0.25, 0.3) is 0 Å². The second-order valence-corrected chi connectivity index (χ2v) is 5.76. The SMILES string of the molecule is Cc1nc(CN2CCC[C@H](c3ccn(CC(=O)O)n3)C2)co1. The van der Waals surface area contributed by atoms with E-state index < -0.39 is 5.97 Å². The molecule has 7 heteroatoms. The van der Waals surface area contributed by atoms with Gasteiger partial charge in [0.15, 0.2) is 5.89 Å². The van der Waals surface area contributed by atoms with E-state index in [2.05, 4.69) is 15.0 Å². The molecule has 1 fully saturated rings. The molecule has 22 heavy (non-hydrogen) atoms. The zero-order valence-corrected chi connectivity index (χ0v) is 12.6. The number of carboxylic acid groups (broad SMARTS) is 1. The van der Waals surface area contributed by atoms with E-state index in [1.165, 1.54) is 4.68 Å². The Hall–Kier alpha value is -2.15. The van der Waals surface area contributed by atoms with Crippen LogP contribution in [0.5, 0.6) is 0 Å². The van der Waals surface area contributed by atoms with Crippen LogP contribution in [-0.4, -0.2) is 43.8 Å². The van der Waals surface area contributed by atoms with Crippen LogP contribution in [0.4, 0.5) is 0 Å². The molecule has 0 bridgehead atoms. The zero-order valence-electron chi connectivity index (χ0n) is 12.6. The molecular formula is C15H20N4O3. The Morgan fingerprint density at radius 1 is 1.55 bits per heavy atom. The summed E-state index contributed by atoms with van der Waals surface area (Å²) in [6.07, 6.45) is 5.63. The molecule has 118 valence electrons. The number of aryl methyl sites for hydroxylation is 1. The summed E-state index contributed by atoms with van der Waals surface area (Å²) in [5.41, 5.74) is 1.93. The number of hydrogen-bond acceptors (Lipinski definition) is 5. The molecule has 1 saturated heterocycles. The number of hydrogen-bond donors (Lipinski definition) is 1. The molecule has 2 aromatic heterocycles. The molecule has 0 aliphatic carbocycles. The lowest BCUT2D eigenvalue weighted by Crippen LogP contribution is -2.34. The monoisotopic (exact) mass is 304 g/mol. The lowest BCUT2D eigenvalue weighted by Gasteiger charge is -2.31. The first-order chi connectivity index (χ1) is 10.6. The molecular weight excluding hydrogens is 284 g/mol. The van der Waals surface area contributed by atoms with Gasteiger partial charge >= 0.3 is 5.97 Å². The molecule has 1 atom stereocenters. The fourth-order valence-electron chi connectivity index (χ4n) is 2.97. The van der Waals surface area contributed by atoms with Crippen LogP contribution < -0.4 is 0 Å². The maximum atomic E-state index is 10.7. The van der Waals surface area contributed by atoms with Gasteiger partial charge in [-0.3, -0.25) is 14.4 Å². The average molecular weight is 304 g/mol. The topological polar surface area (TPSA) is 84.4 Å². The van der Waals surface area contributed by atoms with E-state index in [1.807, 2.05) is 13.0 Å². The highest BCUT2D eigenvalue weighted by molar-refractivity contribution is 5.66.